The topological polar surface area (TPSA) is 38.3 Å². The number of carbonyl (C=O) groups is 1. The molecule has 1 amide bonds. The quantitative estimate of drug-likeness (QED) is 0.592. The van der Waals surface area contributed by atoms with Gasteiger partial charge >= 0.3 is 0 Å². The minimum absolute atomic E-state index is 0.116. The van der Waals surface area contributed by atoms with E-state index in [-0.39, 0.29) is 5.91 Å². The highest BCUT2D eigenvalue weighted by Crippen LogP contribution is 2.32. The fourth-order valence-electron chi connectivity index (χ4n) is 2.58. The Morgan fingerprint density at radius 3 is 2.35 bits per heavy atom. The second-order valence-corrected chi connectivity index (χ2v) is 6.39. The van der Waals surface area contributed by atoms with E-state index < -0.39 is 0 Å². The van der Waals surface area contributed by atoms with Gasteiger partial charge in [0.05, 0.1) is 12.1 Å². The van der Waals surface area contributed by atoms with Crippen molar-refractivity contribution in [2.45, 2.75) is 19.8 Å². The molecule has 3 aromatic carbocycles. The normalized spacial score (nSPS) is 10.4. The third kappa shape index (κ3) is 4.87. The summed E-state index contributed by atoms with van der Waals surface area (Å²) >= 11 is 6.09. The lowest BCUT2D eigenvalue weighted by molar-refractivity contribution is -0.115. The van der Waals surface area contributed by atoms with E-state index in [4.69, 9.17) is 16.3 Å². The third-order valence-electron chi connectivity index (χ3n) is 3.98. The number of rotatable bonds is 6. The SMILES string of the molecule is CCc1ccc(CC(=O)Nc2cc(Cl)ccc2Oc2ccccc2)cc1. The summed E-state index contributed by atoms with van der Waals surface area (Å²) in [5.74, 6) is 1.13. The summed E-state index contributed by atoms with van der Waals surface area (Å²) in [5, 5.41) is 3.44. The van der Waals surface area contributed by atoms with Gasteiger partial charge in [0.25, 0.3) is 0 Å². The summed E-state index contributed by atoms with van der Waals surface area (Å²) in [6.07, 6.45) is 1.27. The summed E-state index contributed by atoms with van der Waals surface area (Å²) in [5.41, 5.74) is 2.77. The molecule has 26 heavy (non-hydrogen) atoms. The van der Waals surface area contributed by atoms with Crippen molar-refractivity contribution in [1.29, 1.82) is 0 Å². The molecule has 0 aliphatic heterocycles. The van der Waals surface area contributed by atoms with Gasteiger partial charge in [-0.1, -0.05) is 61.0 Å². The number of amides is 1. The van der Waals surface area contributed by atoms with Crippen molar-refractivity contribution in [3.05, 3.63) is 88.9 Å². The molecule has 0 aliphatic carbocycles. The predicted octanol–water partition coefficient (Wildman–Crippen LogP) is 5.88. The Morgan fingerprint density at radius 1 is 0.962 bits per heavy atom. The van der Waals surface area contributed by atoms with Gasteiger partial charge in [-0.05, 0) is 47.9 Å². The van der Waals surface area contributed by atoms with Crippen LogP contribution in [0.1, 0.15) is 18.1 Å². The second kappa shape index (κ2) is 8.54. The van der Waals surface area contributed by atoms with E-state index in [1.54, 1.807) is 18.2 Å². The van der Waals surface area contributed by atoms with Gasteiger partial charge in [0.2, 0.25) is 5.91 Å². The Kier molecular flexibility index (Phi) is 5.92. The van der Waals surface area contributed by atoms with Crippen LogP contribution in [0.4, 0.5) is 5.69 Å². The van der Waals surface area contributed by atoms with E-state index >= 15 is 0 Å². The lowest BCUT2D eigenvalue weighted by Gasteiger charge is -2.13. The fourth-order valence-corrected chi connectivity index (χ4v) is 2.75. The highest BCUT2D eigenvalue weighted by molar-refractivity contribution is 6.31. The van der Waals surface area contributed by atoms with Gasteiger partial charge in [0, 0.05) is 5.02 Å². The van der Waals surface area contributed by atoms with Crippen LogP contribution in [0.15, 0.2) is 72.8 Å². The van der Waals surface area contributed by atoms with Gasteiger partial charge in [-0.3, -0.25) is 4.79 Å². The maximum absolute atomic E-state index is 12.4. The minimum Gasteiger partial charge on any atom is -0.455 e. The number of aryl methyl sites for hydroxylation is 1. The first-order valence-corrected chi connectivity index (χ1v) is 8.92. The lowest BCUT2D eigenvalue weighted by Crippen LogP contribution is -2.15. The Bertz CT molecular complexity index is 876. The molecule has 0 aromatic heterocycles. The standard InChI is InChI=1S/C22H20ClNO2/c1-2-16-8-10-17(11-9-16)14-22(25)24-20-15-18(23)12-13-21(20)26-19-6-4-3-5-7-19/h3-13,15H,2,14H2,1H3,(H,24,25). The average molecular weight is 366 g/mol. The summed E-state index contributed by atoms with van der Waals surface area (Å²) in [6.45, 7) is 2.11. The van der Waals surface area contributed by atoms with Crippen LogP contribution in [0, 0.1) is 0 Å². The van der Waals surface area contributed by atoms with Crippen molar-refractivity contribution >= 4 is 23.2 Å². The number of para-hydroxylation sites is 1. The molecule has 0 atom stereocenters. The summed E-state index contributed by atoms with van der Waals surface area (Å²) in [7, 11) is 0. The number of hydrogen-bond acceptors (Lipinski definition) is 2. The zero-order chi connectivity index (χ0) is 18.4. The van der Waals surface area contributed by atoms with E-state index in [9.17, 15) is 4.79 Å². The Balaban J connectivity index is 1.73. The van der Waals surface area contributed by atoms with Crippen LogP contribution >= 0.6 is 11.6 Å². The first kappa shape index (κ1) is 18.0. The smallest absolute Gasteiger partial charge is 0.228 e. The van der Waals surface area contributed by atoms with E-state index in [2.05, 4.69) is 12.2 Å². The molecule has 0 spiro atoms. The molecular weight excluding hydrogens is 346 g/mol. The van der Waals surface area contributed by atoms with E-state index in [0.717, 1.165) is 12.0 Å². The van der Waals surface area contributed by atoms with Gasteiger partial charge < -0.3 is 10.1 Å². The largest absolute Gasteiger partial charge is 0.455 e. The minimum atomic E-state index is -0.116. The van der Waals surface area contributed by atoms with Crippen LogP contribution in [0.25, 0.3) is 0 Å². The van der Waals surface area contributed by atoms with Crippen molar-refractivity contribution in [3.63, 3.8) is 0 Å². The zero-order valence-electron chi connectivity index (χ0n) is 14.5. The first-order chi connectivity index (χ1) is 12.6. The van der Waals surface area contributed by atoms with Gasteiger partial charge in [0.1, 0.15) is 5.75 Å². The molecule has 3 aromatic rings. The molecule has 0 saturated heterocycles. The summed E-state index contributed by atoms with van der Waals surface area (Å²) in [4.78, 5) is 12.4. The van der Waals surface area contributed by atoms with Crippen molar-refractivity contribution in [2.24, 2.45) is 0 Å². The first-order valence-electron chi connectivity index (χ1n) is 8.54. The average Bonchev–Trinajstić information content (AvgIpc) is 2.65. The summed E-state index contributed by atoms with van der Waals surface area (Å²) < 4.78 is 5.87. The molecule has 132 valence electrons. The summed E-state index contributed by atoms with van der Waals surface area (Å²) in [6, 6.07) is 22.7. The van der Waals surface area contributed by atoms with Crippen LogP contribution in [0.5, 0.6) is 11.5 Å². The number of benzene rings is 3. The van der Waals surface area contributed by atoms with Crippen LogP contribution in [0.3, 0.4) is 0 Å². The number of hydrogen-bond donors (Lipinski definition) is 1. The number of ether oxygens (including phenoxy) is 1. The van der Waals surface area contributed by atoms with E-state index in [0.29, 0.717) is 28.6 Å². The highest BCUT2D eigenvalue weighted by atomic mass is 35.5. The number of nitrogens with one attached hydrogen (secondary N) is 1. The molecule has 0 heterocycles. The fraction of sp³-hybridized carbons (Fsp3) is 0.136. The van der Waals surface area contributed by atoms with Crippen LogP contribution in [-0.2, 0) is 17.6 Å². The zero-order valence-corrected chi connectivity index (χ0v) is 15.3. The predicted molar refractivity (Wildman–Crippen MR) is 106 cm³/mol. The van der Waals surface area contributed by atoms with Gasteiger partial charge in [-0.25, -0.2) is 0 Å². The van der Waals surface area contributed by atoms with Gasteiger partial charge in [0.15, 0.2) is 5.75 Å². The van der Waals surface area contributed by atoms with Crippen LogP contribution in [-0.4, -0.2) is 5.91 Å². The molecule has 4 heteroatoms. The van der Waals surface area contributed by atoms with E-state index in [1.165, 1.54) is 5.56 Å². The van der Waals surface area contributed by atoms with E-state index in [1.807, 2.05) is 54.6 Å². The number of carbonyl (C=O) groups excluding carboxylic acids is 1. The molecule has 3 rings (SSSR count). The Hall–Kier alpha value is -2.78. The van der Waals surface area contributed by atoms with Crippen molar-refractivity contribution in [1.82, 2.24) is 0 Å². The third-order valence-corrected chi connectivity index (χ3v) is 4.22. The monoisotopic (exact) mass is 365 g/mol. The lowest BCUT2D eigenvalue weighted by atomic mass is 10.1. The number of anilines is 1. The van der Waals surface area contributed by atoms with Gasteiger partial charge in [-0.15, -0.1) is 0 Å². The highest BCUT2D eigenvalue weighted by Gasteiger charge is 2.11. The van der Waals surface area contributed by atoms with Crippen LogP contribution in [0.2, 0.25) is 5.02 Å². The molecule has 0 bridgehead atoms. The molecular formula is C22H20ClNO2. The second-order valence-electron chi connectivity index (χ2n) is 5.95. The molecule has 0 unspecified atom stereocenters. The van der Waals surface area contributed by atoms with Crippen molar-refractivity contribution < 1.29 is 9.53 Å². The maximum Gasteiger partial charge on any atom is 0.228 e. The molecule has 0 saturated carbocycles. The Labute approximate surface area is 158 Å². The molecule has 1 N–H and O–H groups in total. The molecule has 0 fully saturated rings. The van der Waals surface area contributed by atoms with Crippen LogP contribution < -0.4 is 10.1 Å². The Morgan fingerprint density at radius 2 is 1.65 bits per heavy atom. The van der Waals surface area contributed by atoms with Gasteiger partial charge in [-0.2, -0.15) is 0 Å². The van der Waals surface area contributed by atoms with Crippen molar-refractivity contribution in [3.8, 4) is 11.5 Å². The molecule has 0 aliphatic rings. The molecule has 0 radical (unpaired) electrons. The molecule has 3 nitrogen and oxygen atoms in total. The maximum atomic E-state index is 12.4. The number of halogens is 1. The van der Waals surface area contributed by atoms with Crippen molar-refractivity contribution in [2.75, 3.05) is 5.32 Å².